The van der Waals surface area contributed by atoms with Gasteiger partial charge in [0.1, 0.15) is 11.9 Å². The van der Waals surface area contributed by atoms with Gasteiger partial charge in [-0.15, -0.1) is 0 Å². The van der Waals surface area contributed by atoms with Crippen molar-refractivity contribution >= 4 is 10.8 Å². The second-order valence-corrected chi connectivity index (χ2v) is 5.83. The Morgan fingerprint density at radius 2 is 1.63 bits per heavy atom. The molecule has 0 aliphatic carbocycles. The standard InChI is InChI=1S/C17H19NO/c1-2-6-16-12(4-1)5-3-7-17(16)19-15-10-13-8-9-14(11-15)18-13/h1-7,13-15,18H,8-11H2. The summed E-state index contributed by atoms with van der Waals surface area (Å²) in [4.78, 5) is 0. The van der Waals surface area contributed by atoms with E-state index in [2.05, 4.69) is 47.8 Å². The molecular weight excluding hydrogens is 234 g/mol. The fourth-order valence-electron chi connectivity index (χ4n) is 3.58. The highest BCUT2D eigenvalue weighted by Gasteiger charge is 2.34. The van der Waals surface area contributed by atoms with E-state index in [9.17, 15) is 0 Å². The Morgan fingerprint density at radius 3 is 2.47 bits per heavy atom. The number of piperidine rings is 1. The van der Waals surface area contributed by atoms with Crippen LogP contribution in [0.1, 0.15) is 25.7 Å². The van der Waals surface area contributed by atoms with Crippen molar-refractivity contribution in [1.82, 2.24) is 5.32 Å². The van der Waals surface area contributed by atoms with E-state index in [-0.39, 0.29) is 0 Å². The minimum atomic E-state index is 0.379. The van der Waals surface area contributed by atoms with Crippen LogP contribution < -0.4 is 10.1 Å². The maximum atomic E-state index is 6.31. The molecule has 2 atom stereocenters. The van der Waals surface area contributed by atoms with Crippen LogP contribution in [0.3, 0.4) is 0 Å². The van der Waals surface area contributed by atoms with Crippen molar-refractivity contribution in [1.29, 1.82) is 0 Å². The van der Waals surface area contributed by atoms with Gasteiger partial charge in [-0.25, -0.2) is 0 Å². The molecule has 0 aromatic heterocycles. The van der Waals surface area contributed by atoms with Crippen molar-refractivity contribution in [3.05, 3.63) is 42.5 Å². The lowest BCUT2D eigenvalue weighted by molar-refractivity contribution is 0.139. The van der Waals surface area contributed by atoms with Crippen molar-refractivity contribution in [3.63, 3.8) is 0 Å². The number of nitrogens with one attached hydrogen (secondary N) is 1. The molecule has 4 rings (SSSR count). The molecule has 2 saturated heterocycles. The minimum absolute atomic E-state index is 0.379. The van der Waals surface area contributed by atoms with Crippen LogP contribution in [0.4, 0.5) is 0 Å². The zero-order valence-corrected chi connectivity index (χ0v) is 11.0. The number of hydrogen-bond acceptors (Lipinski definition) is 2. The Kier molecular flexibility index (Phi) is 2.70. The molecule has 2 bridgehead atoms. The topological polar surface area (TPSA) is 21.3 Å². The summed E-state index contributed by atoms with van der Waals surface area (Å²) in [6, 6.07) is 16.2. The normalized spacial score (nSPS) is 29.6. The van der Waals surface area contributed by atoms with Crippen LogP contribution >= 0.6 is 0 Å². The largest absolute Gasteiger partial charge is 0.490 e. The SMILES string of the molecule is c1ccc2c(OC3CC4CCC(C3)N4)cccc2c1. The predicted molar refractivity (Wildman–Crippen MR) is 77.5 cm³/mol. The van der Waals surface area contributed by atoms with Crippen LogP contribution in [0.15, 0.2) is 42.5 Å². The number of ether oxygens (including phenoxy) is 1. The van der Waals surface area contributed by atoms with Crippen LogP contribution in [-0.2, 0) is 0 Å². The average Bonchev–Trinajstić information content (AvgIpc) is 2.78. The molecule has 0 radical (unpaired) electrons. The fraction of sp³-hybridized carbons (Fsp3) is 0.412. The molecule has 98 valence electrons. The Morgan fingerprint density at radius 1 is 0.895 bits per heavy atom. The van der Waals surface area contributed by atoms with Gasteiger partial charge in [-0.3, -0.25) is 0 Å². The molecule has 2 aromatic carbocycles. The summed E-state index contributed by atoms with van der Waals surface area (Å²) in [5, 5.41) is 6.16. The molecule has 2 nitrogen and oxygen atoms in total. The molecule has 0 spiro atoms. The van der Waals surface area contributed by atoms with Gasteiger partial charge in [-0.1, -0.05) is 36.4 Å². The highest BCUT2D eigenvalue weighted by atomic mass is 16.5. The molecule has 2 heteroatoms. The Hall–Kier alpha value is -1.54. The monoisotopic (exact) mass is 253 g/mol. The zero-order chi connectivity index (χ0) is 12.7. The van der Waals surface area contributed by atoms with Gasteiger partial charge in [0.25, 0.3) is 0 Å². The summed E-state index contributed by atoms with van der Waals surface area (Å²) in [6.45, 7) is 0. The third-order valence-electron chi connectivity index (χ3n) is 4.47. The molecular formula is C17H19NO. The third-order valence-corrected chi connectivity index (χ3v) is 4.47. The highest BCUT2D eigenvalue weighted by Crippen LogP contribution is 2.32. The molecule has 2 aliphatic heterocycles. The fourth-order valence-corrected chi connectivity index (χ4v) is 3.58. The molecule has 2 unspecified atom stereocenters. The van der Waals surface area contributed by atoms with Crippen molar-refractivity contribution in [2.45, 2.75) is 43.9 Å². The average molecular weight is 253 g/mol. The second kappa shape index (κ2) is 4.53. The maximum Gasteiger partial charge on any atom is 0.127 e. The van der Waals surface area contributed by atoms with Crippen molar-refractivity contribution in [2.24, 2.45) is 0 Å². The summed E-state index contributed by atoms with van der Waals surface area (Å²) in [5.74, 6) is 1.05. The summed E-state index contributed by atoms with van der Waals surface area (Å²) in [5.41, 5.74) is 0. The van der Waals surface area contributed by atoms with Crippen molar-refractivity contribution < 1.29 is 4.74 Å². The van der Waals surface area contributed by atoms with Gasteiger partial charge >= 0.3 is 0 Å². The third kappa shape index (κ3) is 2.10. The number of fused-ring (bicyclic) bond motifs is 3. The van der Waals surface area contributed by atoms with E-state index >= 15 is 0 Å². The zero-order valence-electron chi connectivity index (χ0n) is 11.0. The van der Waals surface area contributed by atoms with Crippen molar-refractivity contribution in [3.8, 4) is 5.75 Å². The van der Waals surface area contributed by atoms with Crippen LogP contribution in [0.2, 0.25) is 0 Å². The number of benzene rings is 2. The van der Waals surface area contributed by atoms with Crippen LogP contribution in [0, 0.1) is 0 Å². The molecule has 0 saturated carbocycles. The molecule has 2 fully saturated rings. The lowest BCUT2D eigenvalue weighted by Gasteiger charge is -2.29. The lowest BCUT2D eigenvalue weighted by atomic mass is 10.0. The Balaban J connectivity index is 1.61. The maximum absolute atomic E-state index is 6.31. The first-order chi connectivity index (χ1) is 9.38. The number of hydrogen-bond donors (Lipinski definition) is 1. The van der Waals surface area contributed by atoms with Gasteiger partial charge in [0, 0.05) is 17.5 Å². The van der Waals surface area contributed by atoms with E-state index in [1.54, 1.807) is 0 Å². The molecule has 2 aromatic rings. The van der Waals surface area contributed by atoms with Gasteiger partial charge in [0.2, 0.25) is 0 Å². The second-order valence-electron chi connectivity index (χ2n) is 5.83. The van der Waals surface area contributed by atoms with Crippen LogP contribution in [-0.4, -0.2) is 18.2 Å². The van der Waals surface area contributed by atoms with Crippen LogP contribution in [0.25, 0.3) is 10.8 Å². The van der Waals surface area contributed by atoms with Gasteiger partial charge in [0.05, 0.1) is 0 Å². The molecule has 19 heavy (non-hydrogen) atoms. The van der Waals surface area contributed by atoms with Crippen LogP contribution in [0.5, 0.6) is 5.75 Å². The summed E-state index contributed by atoms with van der Waals surface area (Å²) in [7, 11) is 0. The van der Waals surface area contributed by atoms with E-state index in [1.165, 1.54) is 23.6 Å². The van der Waals surface area contributed by atoms with Gasteiger partial charge in [-0.2, -0.15) is 0 Å². The van der Waals surface area contributed by atoms with Gasteiger partial charge in [-0.05, 0) is 37.1 Å². The predicted octanol–water partition coefficient (Wildman–Crippen LogP) is 3.50. The first kappa shape index (κ1) is 11.3. The quantitative estimate of drug-likeness (QED) is 0.884. The van der Waals surface area contributed by atoms with E-state index in [4.69, 9.17) is 4.74 Å². The molecule has 1 N–H and O–H groups in total. The summed E-state index contributed by atoms with van der Waals surface area (Å²) >= 11 is 0. The summed E-state index contributed by atoms with van der Waals surface area (Å²) < 4.78 is 6.31. The first-order valence-electron chi connectivity index (χ1n) is 7.29. The smallest absolute Gasteiger partial charge is 0.127 e. The molecule has 2 aliphatic rings. The highest BCUT2D eigenvalue weighted by molar-refractivity contribution is 5.88. The minimum Gasteiger partial charge on any atom is -0.490 e. The lowest BCUT2D eigenvalue weighted by Crippen LogP contribution is -2.42. The van der Waals surface area contributed by atoms with Gasteiger partial charge < -0.3 is 10.1 Å². The van der Waals surface area contributed by atoms with E-state index < -0.39 is 0 Å². The Labute approximate surface area is 113 Å². The Bertz CT molecular complexity index is 577. The van der Waals surface area contributed by atoms with E-state index in [1.807, 2.05) is 0 Å². The van der Waals surface area contributed by atoms with E-state index in [0.717, 1.165) is 18.6 Å². The van der Waals surface area contributed by atoms with E-state index in [0.29, 0.717) is 18.2 Å². The van der Waals surface area contributed by atoms with Crippen molar-refractivity contribution in [2.75, 3.05) is 0 Å². The molecule has 2 heterocycles. The first-order valence-corrected chi connectivity index (χ1v) is 7.29. The number of rotatable bonds is 2. The molecule has 0 amide bonds. The summed E-state index contributed by atoms with van der Waals surface area (Å²) in [6.07, 6.45) is 5.32. The van der Waals surface area contributed by atoms with Gasteiger partial charge in [0.15, 0.2) is 0 Å².